The van der Waals surface area contributed by atoms with Crippen molar-refractivity contribution in [3.05, 3.63) is 52.6 Å². The van der Waals surface area contributed by atoms with Crippen molar-refractivity contribution >= 4 is 5.71 Å². The Bertz CT molecular complexity index is 749. The zero-order chi connectivity index (χ0) is 18.7. The maximum atomic E-state index is 12.6. The van der Waals surface area contributed by atoms with Gasteiger partial charge in [0.15, 0.2) is 0 Å². The maximum Gasteiger partial charge on any atom is 0.433 e. The lowest BCUT2D eigenvalue weighted by Gasteiger charge is -2.29. The number of dihydropyridines is 1. The average Bonchev–Trinajstić information content (AvgIpc) is 2.64. The van der Waals surface area contributed by atoms with Gasteiger partial charge in [-0.3, -0.25) is 9.98 Å². The zero-order valence-corrected chi connectivity index (χ0v) is 14.8. The Morgan fingerprint density at radius 2 is 2.00 bits per heavy atom. The second-order valence-electron chi connectivity index (χ2n) is 6.31. The van der Waals surface area contributed by atoms with Gasteiger partial charge in [0.25, 0.3) is 0 Å². The molecular formula is C19H21F3N2O2. The number of rotatable bonds is 5. The number of aliphatic imine (C=N–C) groups is 1. The minimum absolute atomic E-state index is 0.130. The van der Waals surface area contributed by atoms with Gasteiger partial charge < -0.3 is 9.47 Å². The summed E-state index contributed by atoms with van der Waals surface area (Å²) in [6, 6.07) is 2.51. The van der Waals surface area contributed by atoms with E-state index in [0.29, 0.717) is 25.8 Å². The van der Waals surface area contributed by atoms with Crippen molar-refractivity contribution in [2.45, 2.75) is 38.0 Å². The van der Waals surface area contributed by atoms with Gasteiger partial charge in [0, 0.05) is 32.0 Å². The molecular weight excluding hydrogens is 345 g/mol. The van der Waals surface area contributed by atoms with E-state index in [-0.39, 0.29) is 6.10 Å². The summed E-state index contributed by atoms with van der Waals surface area (Å²) in [6.45, 7) is 0.713. The lowest BCUT2D eigenvalue weighted by atomic mass is 9.86. The van der Waals surface area contributed by atoms with Crippen LogP contribution >= 0.6 is 0 Å². The number of nitrogens with zero attached hydrogens (tertiary/aromatic N) is 2. The number of pyridine rings is 1. The first-order chi connectivity index (χ1) is 12.4. The van der Waals surface area contributed by atoms with Crippen LogP contribution in [0.5, 0.6) is 0 Å². The Labute approximate surface area is 150 Å². The van der Waals surface area contributed by atoms with Crippen LogP contribution in [0.15, 0.2) is 46.3 Å². The Morgan fingerprint density at radius 1 is 1.19 bits per heavy atom. The largest absolute Gasteiger partial charge is 0.498 e. The number of aryl methyl sites for hydroxylation is 1. The highest BCUT2D eigenvalue weighted by Gasteiger charge is 2.32. The van der Waals surface area contributed by atoms with Gasteiger partial charge in [-0.25, -0.2) is 0 Å². The topological polar surface area (TPSA) is 43.7 Å². The molecule has 1 aromatic heterocycles. The molecule has 0 N–H and O–H groups in total. The van der Waals surface area contributed by atoms with Gasteiger partial charge in [-0.15, -0.1) is 0 Å². The van der Waals surface area contributed by atoms with Gasteiger partial charge in [-0.05, 0) is 48.1 Å². The molecule has 1 aromatic rings. The molecule has 0 aromatic carbocycles. The van der Waals surface area contributed by atoms with Crippen LogP contribution in [0.25, 0.3) is 0 Å². The van der Waals surface area contributed by atoms with Crippen LogP contribution in [-0.2, 0) is 22.1 Å². The molecule has 0 spiro atoms. The van der Waals surface area contributed by atoms with E-state index in [0.717, 1.165) is 29.5 Å². The fourth-order valence-corrected chi connectivity index (χ4v) is 3.32. The molecule has 2 heterocycles. The molecule has 1 aliphatic heterocycles. The van der Waals surface area contributed by atoms with E-state index in [1.54, 1.807) is 14.2 Å². The summed E-state index contributed by atoms with van der Waals surface area (Å²) in [5.74, 6) is 0.819. The van der Waals surface area contributed by atoms with Crippen LogP contribution in [0.1, 0.15) is 30.5 Å². The van der Waals surface area contributed by atoms with Crippen molar-refractivity contribution < 1.29 is 22.6 Å². The molecule has 1 aliphatic carbocycles. The highest BCUT2D eigenvalue weighted by molar-refractivity contribution is 6.02. The molecule has 1 atom stereocenters. The molecule has 0 bridgehead atoms. The van der Waals surface area contributed by atoms with Crippen LogP contribution in [0.4, 0.5) is 13.2 Å². The van der Waals surface area contributed by atoms with Gasteiger partial charge in [-0.1, -0.05) is 6.07 Å². The fourth-order valence-electron chi connectivity index (χ4n) is 3.32. The SMILES string of the molecule is COC1=CC2=C(CC1OC)C(CCc1ccc(C(F)(F)F)nc1)=NCC2. The highest BCUT2D eigenvalue weighted by atomic mass is 19.4. The Balaban J connectivity index is 1.71. The number of aromatic nitrogens is 1. The minimum Gasteiger partial charge on any atom is -0.498 e. The zero-order valence-electron chi connectivity index (χ0n) is 14.8. The lowest BCUT2D eigenvalue weighted by molar-refractivity contribution is -0.141. The van der Waals surface area contributed by atoms with Crippen molar-refractivity contribution in [2.24, 2.45) is 4.99 Å². The van der Waals surface area contributed by atoms with E-state index in [1.165, 1.54) is 23.4 Å². The first kappa shape index (κ1) is 18.6. The van der Waals surface area contributed by atoms with Crippen molar-refractivity contribution in [3.63, 3.8) is 0 Å². The summed E-state index contributed by atoms with van der Waals surface area (Å²) < 4.78 is 48.7. The molecule has 7 heteroatoms. The molecule has 0 saturated carbocycles. The van der Waals surface area contributed by atoms with E-state index in [4.69, 9.17) is 9.47 Å². The Hall–Kier alpha value is -2.15. The predicted octanol–water partition coefficient (Wildman–Crippen LogP) is 4.12. The van der Waals surface area contributed by atoms with Gasteiger partial charge in [-0.2, -0.15) is 13.2 Å². The van der Waals surface area contributed by atoms with Crippen molar-refractivity contribution in [2.75, 3.05) is 20.8 Å². The molecule has 26 heavy (non-hydrogen) atoms. The van der Waals surface area contributed by atoms with E-state index in [9.17, 15) is 13.2 Å². The minimum atomic E-state index is -4.41. The van der Waals surface area contributed by atoms with Crippen molar-refractivity contribution in [3.8, 4) is 0 Å². The average molecular weight is 366 g/mol. The standard InChI is InChI=1S/C19H21F3N2O2/c1-25-16-9-13-7-8-23-15(14(13)10-17(16)26-2)5-3-12-4-6-18(24-11-12)19(20,21)22/h4,6,9,11,17H,3,5,7-8,10H2,1-2H3. The summed E-state index contributed by atoms with van der Waals surface area (Å²) in [6.07, 6.45) is 1.62. The first-order valence-electron chi connectivity index (χ1n) is 8.48. The number of halogens is 3. The van der Waals surface area contributed by atoms with Crippen LogP contribution in [0, 0.1) is 0 Å². The molecule has 0 radical (unpaired) electrons. The van der Waals surface area contributed by atoms with E-state index in [1.807, 2.05) is 6.08 Å². The summed E-state index contributed by atoms with van der Waals surface area (Å²) in [7, 11) is 3.29. The highest BCUT2D eigenvalue weighted by Crippen LogP contribution is 2.33. The lowest BCUT2D eigenvalue weighted by Crippen LogP contribution is -2.26. The molecule has 1 unspecified atom stereocenters. The van der Waals surface area contributed by atoms with Crippen LogP contribution in [0.2, 0.25) is 0 Å². The van der Waals surface area contributed by atoms with Crippen LogP contribution in [0.3, 0.4) is 0 Å². The molecule has 0 amide bonds. The number of methoxy groups -OCH3 is 2. The number of ether oxygens (including phenoxy) is 2. The molecule has 140 valence electrons. The monoisotopic (exact) mass is 366 g/mol. The third-order valence-electron chi connectivity index (χ3n) is 4.73. The summed E-state index contributed by atoms with van der Waals surface area (Å²) in [5.41, 5.74) is 3.28. The van der Waals surface area contributed by atoms with Gasteiger partial charge in [0.1, 0.15) is 17.6 Å². The number of allylic oxidation sites excluding steroid dienone is 1. The number of alkyl halides is 3. The molecule has 0 fully saturated rings. The normalized spacial score (nSPS) is 20.4. The number of hydrogen-bond acceptors (Lipinski definition) is 4. The predicted molar refractivity (Wildman–Crippen MR) is 92.0 cm³/mol. The fraction of sp³-hybridized carbons (Fsp3) is 0.474. The van der Waals surface area contributed by atoms with Crippen molar-refractivity contribution in [1.29, 1.82) is 0 Å². The number of hydrogen-bond donors (Lipinski definition) is 0. The summed E-state index contributed by atoms with van der Waals surface area (Å²) in [5, 5.41) is 0. The molecule has 3 rings (SSSR count). The second-order valence-corrected chi connectivity index (χ2v) is 6.31. The van der Waals surface area contributed by atoms with E-state index in [2.05, 4.69) is 9.98 Å². The van der Waals surface area contributed by atoms with Crippen LogP contribution in [-0.4, -0.2) is 37.6 Å². The third-order valence-corrected chi connectivity index (χ3v) is 4.73. The molecule has 4 nitrogen and oxygen atoms in total. The van der Waals surface area contributed by atoms with Crippen LogP contribution < -0.4 is 0 Å². The molecule has 2 aliphatic rings. The maximum absolute atomic E-state index is 12.6. The quantitative estimate of drug-likeness (QED) is 0.787. The second kappa shape index (κ2) is 7.61. The summed E-state index contributed by atoms with van der Waals surface area (Å²) >= 11 is 0. The van der Waals surface area contributed by atoms with Gasteiger partial charge >= 0.3 is 6.18 Å². The smallest absolute Gasteiger partial charge is 0.433 e. The Morgan fingerprint density at radius 3 is 2.62 bits per heavy atom. The van der Waals surface area contributed by atoms with E-state index < -0.39 is 11.9 Å². The van der Waals surface area contributed by atoms with Crippen molar-refractivity contribution in [1.82, 2.24) is 4.98 Å². The van der Waals surface area contributed by atoms with Gasteiger partial charge in [0.05, 0.1) is 7.11 Å². The first-order valence-corrected chi connectivity index (χ1v) is 8.48. The Kier molecular flexibility index (Phi) is 5.46. The van der Waals surface area contributed by atoms with Gasteiger partial charge in [0.2, 0.25) is 0 Å². The van der Waals surface area contributed by atoms with E-state index >= 15 is 0 Å². The molecule has 0 saturated heterocycles. The summed E-state index contributed by atoms with van der Waals surface area (Å²) in [4.78, 5) is 8.16. The third kappa shape index (κ3) is 3.98.